The molecule has 1 amide bonds. The highest BCUT2D eigenvalue weighted by Gasteiger charge is 2.25. The number of primary amides is 1. The van der Waals surface area contributed by atoms with Gasteiger partial charge in [0.1, 0.15) is 0 Å². The Labute approximate surface area is 103 Å². The minimum absolute atomic E-state index is 0.0161. The van der Waals surface area contributed by atoms with E-state index < -0.39 is 18.5 Å². The Morgan fingerprint density at radius 2 is 1.94 bits per heavy atom. The van der Waals surface area contributed by atoms with Gasteiger partial charge in [-0.3, -0.25) is 4.79 Å². The minimum Gasteiger partial charge on any atom is -0.366 e. The second-order valence-electron chi connectivity index (χ2n) is 3.92. The summed E-state index contributed by atoms with van der Waals surface area (Å²) in [4.78, 5) is 11.1. The molecule has 3 N–H and O–H groups in total. The maximum Gasteiger partial charge on any atom is 0.389 e. The Morgan fingerprint density at radius 3 is 2.56 bits per heavy atom. The number of rotatable bonds is 6. The van der Waals surface area contributed by atoms with Gasteiger partial charge in [-0.05, 0) is 24.6 Å². The summed E-state index contributed by atoms with van der Waals surface area (Å²) < 4.78 is 35.7. The fraction of sp³-hybridized carbons (Fsp3) is 0.417. The molecule has 0 unspecified atom stereocenters. The molecule has 100 valence electrons. The van der Waals surface area contributed by atoms with E-state index in [1.54, 1.807) is 24.3 Å². The lowest BCUT2D eigenvalue weighted by Gasteiger charge is -2.09. The molecule has 0 aliphatic heterocycles. The van der Waals surface area contributed by atoms with Crippen LogP contribution in [0.5, 0.6) is 0 Å². The van der Waals surface area contributed by atoms with Crippen LogP contribution in [-0.4, -0.2) is 18.6 Å². The maximum absolute atomic E-state index is 11.9. The summed E-state index contributed by atoms with van der Waals surface area (Å²) in [7, 11) is 0. The molecule has 0 heterocycles. The van der Waals surface area contributed by atoms with Gasteiger partial charge in [0, 0.05) is 18.5 Å². The zero-order valence-corrected chi connectivity index (χ0v) is 9.76. The van der Waals surface area contributed by atoms with Crippen molar-refractivity contribution in [2.24, 2.45) is 5.73 Å². The molecule has 0 aromatic heterocycles. The van der Waals surface area contributed by atoms with Crippen LogP contribution in [0.1, 0.15) is 28.8 Å². The van der Waals surface area contributed by atoms with Crippen LogP contribution in [0.25, 0.3) is 0 Å². The highest BCUT2D eigenvalue weighted by Crippen LogP contribution is 2.20. The van der Waals surface area contributed by atoms with Gasteiger partial charge in [-0.1, -0.05) is 18.2 Å². The third kappa shape index (κ3) is 5.18. The molecule has 0 spiro atoms. The summed E-state index contributed by atoms with van der Waals surface area (Å²) in [5, 5.41) is 2.86. The van der Waals surface area contributed by atoms with Gasteiger partial charge in [0.15, 0.2) is 0 Å². The predicted octanol–water partition coefficient (Wildman–Crippen LogP) is 2.22. The highest BCUT2D eigenvalue weighted by molar-refractivity contribution is 5.94. The Morgan fingerprint density at radius 1 is 1.28 bits per heavy atom. The molecule has 0 bridgehead atoms. The van der Waals surface area contributed by atoms with E-state index in [-0.39, 0.29) is 13.0 Å². The summed E-state index contributed by atoms with van der Waals surface area (Å²) in [5.41, 5.74) is 6.27. The van der Waals surface area contributed by atoms with Crippen LogP contribution < -0.4 is 11.1 Å². The number of nitrogens with one attached hydrogen (secondary N) is 1. The molecule has 1 aromatic rings. The quantitative estimate of drug-likeness (QED) is 0.770. The molecule has 0 aliphatic carbocycles. The van der Waals surface area contributed by atoms with Crippen molar-refractivity contribution < 1.29 is 18.0 Å². The molecular formula is C12H15F3N2O. The third-order valence-electron chi connectivity index (χ3n) is 2.41. The van der Waals surface area contributed by atoms with Gasteiger partial charge >= 0.3 is 6.18 Å². The molecule has 0 saturated heterocycles. The van der Waals surface area contributed by atoms with E-state index >= 15 is 0 Å². The number of alkyl halides is 3. The number of amides is 1. The number of nitrogens with two attached hydrogens (primary N) is 1. The summed E-state index contributed by atoms with van der Waals surface area (Å²) in [6.45, 7) is 0.573. The van der Waals surface area contributed by atoms with Crippen LogP contribution in [0.15, 0.2) is 24.3 Å². The summed E-state index contributed by atoms with van der Waals surface area (Å²) in [6.07, 6.45) is -4.91. The molecule has 0 aliphatic rings. The molecule has 0 fully saturated rings. The Kier molecular flexibility index (Phi) is 5.15. The second-order valence-corrected chi connectivity index (χ2v) is 3.92. The second kappa shape index (κ2) is 6.39. The summed E-state index contributed by atoms with van der Waals surface area (Å²) in [5.74, 6) is -0.539. The molecule has 1 rings (SSSR count). The van der Waals surface area contributed by atoms with Gasteiger partial charge in [-0.15, -0.1) is 0 Å². The van der Waals surface area contributed by atoms with E-state index in [9.17, 15) is 18.0 Å². The van der Waals surface area contributed by atoms with Gasteiger partial charge in [0.25, 0.3) is 0 Å². The molecular weight excluding hydrogens is 245 g/mol. The zero-order chi connectivity index (χ0) is 13.6. The first-order valence-corrected chi connectivity index (χ1v) is 5.55. The molecule has 6 heteroatoms. The third-order valence-corrected chi connectivity index (χ3v) is 2.41. The maximum atomic E-state index is 11.9. The van der Waals surface area contributed by atoms with Gasteiger partial charge in [-0.2, -0.15) is 13.2 Å². The van der Waals surface area contributed by atoms with Gasteiger partial charge in [-0.25, -0.2) is 0 Å². The highest BCUT2D eigenvalue weighted by atomic mass is 19.4. The first-order valence-electron chi connectivity index (χ1n) is 5.55. The van der Waals surface area contributed by atoms with Crippen LogP contribution in [-0.2, 0) is 6.54 Å². The lowest BCUT2D eigenvalue weighted by atomic mass is 10.1. The van der Waals surface area contributed by atoms with Crippen molar-refractivity contribution in [3.63, 3.8) is 0 Å². The minimum atomic E-state index is -4.12. The molecule has 0 radical (unpaired) electrons. The first kappa shape index (κ1) is 14.5. The normalized spacial score (nSPS) is 11.5. The van der Waals surface area contributed by atoms with Crippen molar-refractivity contribution in [2.75, 3.05) is 6.54 Å². The monoisotopic (exact) mass is 260 g/mol. The van der Waals surface area contributed by atoms with E-state index in [4.69, 9.17) is 5.73 Å². The predicted molar refractivity (Wildman–Crippen MR) is 62.0 cm³/mol. The van der Waals surface area contributed by atoms with Crippen molar-refractivity contribution in [2.45, 2.75) is 25.6 Å². The summed E-state index contributed by atoms with van der Waals surface area (Å²) in [6, 6.07) is 6.75. The number of carbonyl (C=O) groups excluding carboxylic acids is 1. The lowest BCUT2D eigenvalue weighted by molar-refractivity contribution is -0.135. The molecule has 18 heavy (non-hydrogen) atoms. The number of hydrogen-bond donors (Lipinski definition) is 2. The fourth-order valence-electron chi connectivity index (χ4n) is 1.55. The first-order chi connectivity index (χ1) is 8.40. The van der Waals surface area contributed by atoms with Crippen LogP contribution in [0.3, 0.4) is 0 Å². The zero-order valence-electron chi connectivity index (χ0n) is 9.76. The standard InChI is InChI=1S/C12H15F3N2O/c13-12(14,15)6-3-7-17-8-9-4-1-2-5-10(9)11(16)18/h1-2,4-5,17H,3,6-8H2,(H2,16,18). The Hall–Kier alpha value is -1.56. The summed E-state index contributed by atoms with van der Waals surface area (Å²) >= 11 is 0. The van der Waals surface area contributed by atoms with E-state index in [0.717, 1.165) is 0 Å². The largest absolute Gasteiger partial charge is 0.389 e. The number of carbonyl (C=O) groups is 1. The van der Waals surface area contributed by atoms with Crippen molar-refractivity contribution >= 4 is 5.91 Å². The lowest BCUT2D eigenvalue weighted by Crippen LogP contribution is -2.21. The van der Waals surface area contributed by atoms with E-state index in [2.05, 4.69) is 5.32 Å². The average Bonchev–Trinajstić information content (AvgIpc) is 2.27. The van der Waals surface area contributed by atoms with Gasteiger partial charge in [0.2, 0.25) is 5.91 Å². The van der Waals surface area contributed by atoms with Crippen molar-refractivity contribution in [1.29, 1.82) is 0 Å². The van der Waals surface area contributed by atoms with Crippen molar-refractivity contribution in [3.8, 4) is 0 Å². The number of halogens is 3. The van der Waals surface area contributed by atoms with E-state index in [0.29, 0.717) is 17.7 Å². The van der Waals surface area contributed by atoms with Gasteiger partial charge in [0.05, 0.1) is 0 Å². The Bertz CT molecular complexity index is 405. The Balaban J connectivity index is 2.38. The SMILES string of the molecule is NC(=O)c1ccccc1CNCCCC(F)(F)F. The van der Waals surface area contributed by atoms with E-state index in [1.807, 2.05) is 0 Å². The number of hydrogen-bond acceptors (Lipinski definition) is 2. The molecule has 1 aromatic carbocycles. The van der Waals surface area contributed by atoms with Gasteiger partial charge < -0.3 is 11.1 Å². The average molecular weight is 260 g/mol. The van der Waals surface area contributed by atoms with Crippen molar-refractivity contribution in [3.05, 3.63) is 35.4 Å². The van der Waals surface area contributed by atoms with Crippen LogP contribution >= 0.6 is 0 Å². The van der Waals surface area contributed by atoms with Crippen LogP contribution in [0.4, 0.5) is 13.2 Å². The molecule has 3 nitrogen and oxygen atoms in total. The molecule has 0 atom stereocenters. The fourth-order valence-corrected chi connectivity index (χ4v) is 1.55. The van der Waals surface area contributed by atoms with Crippen molar-refractivity contribution in [1.82, 2.24) is 5.32 Å². The smallest absolute Gasteiger partial charge is 0.366 e. The topological polar surface area (TPSA) is 55.1 Å². The van der Waals surface area contributed by atoms with Crippen LogP contribution in [0, 0.1) is 0 Å². The number of benzene rings is 1. The molecule has 0 saturated carbocycles. The van der Waals surface area contributed by atoms with E-state index in [1.165, 1.54) is 0 Å². The van der Waals surface area contributed by atoms with Crippen LogP contribution in [0.2, 0.25) is 0 Å².